The molecule has 0 aromatic heterocycles. The Bertz CT molecular complexity index is 712. The highest BCUT2D eigenvalue weighted by Gasteiger charge is 2.07. The van der Waals surface area contributed by atoms with E-state index >= 15 is 0 Å². The van der Waals surface area contributed by atoms with E-state index in [1.807, 2.05) is 6.07 Å². The second-order valence-electron chi connectivity index (χ2n) is 6.40. The van der Waals surface area contributed by atoms with Gasteiger partial charge in [0.1, 0.15) is 0 Å². The normalized spacial score (nSPS) is 13.9. The summed E-state index contributed by atoms with van der Waals surface area (Å²) in [5, 5.41) is 6.74. The second-order valence-corrected chi connectivity index (χ2v) is 6.40. The largest absolute Gasteiger partial charge is 0.364 e. The lowest BCUT2D eigenvalue weighted by molar-refractivity contribution is 0.799. The monoisotopic (exact) mass is 348 g/mol. The van der Waals surface area contributed by atoms with Gasteiger partial charge in [0.15, 0.2) is 5.96 Å². The summed E-state index contributed by atoms with van der Waals surface area (Å²) in [5.74, 6) is 0.872. The fraction of sp³-hybridized carbons (Fsp3) is 0.318. The van der Waals surface area contributed by atoms with Gasteiger partial charge in [-0.2, -0.15) is 0 Å². The summed E-state index contributed by atoms with van der Waals surface area (Å²) in [7, 11) is 0. The summed E-state index contributed by atoms with van der Waals surface area (Å²) in [4.78, 5) is 7.06. The maximum absolute atomic E-state index is 4.71. The van der Waals surface area contributed by atoms with Crippen molar-refractivity contribution in [2.75, 3.05) is 31.1 Å². The van der Waals surface area contributed by atoms with E-state index in [1.54, 1.807) is 0 Å². The second kappa shape index (κ2) is 9.66. The van der Waals surface area contributed by atoms with E-state index in [9.17, 15) is 0 Å². The number of anilines is 1. The molecule has 2 N–H and O–H groups in total. The summed E-state index contributed by atoms with van der Waals surface area (Å²) in [6.45, 7) is 6.52. The molecule has 0 bridgehead atoms. The zero-order chi connectivity index (χ0) is 18.0. The molecule has 1 aliphatic rings. The molecule has 0 unspecified atom stereocenters. The van der Waals surface area contributed by atoms with Gasteiger partial charge in [0.05, 0.1) is 6.54 Å². The van der Waals surface area contributed by atoms with Crippen molar-refractivity contribution < 1.29 is 0 Å². The molecule has 0 atom stereocenters. The van der Waals surface area contributed by atoms with Crippen LogP contribution in [0.2, 0.25) is 0 Å². The van der Waals surface area contributed by atoms with Gasteiger partial charge in [0, 0.05) is 31.9 Å². The van der Waals surface area contributed by atoms with Crippen molar-refractivity contribution in [2.24, 2.45) is 4.99 Å². The van der Waals surface area contributed by atoms with Crippen LogP contribution in [0.3, 0.4) is 0 Å². The van der Waals surface area contributed by atoms with Crippen molar-refractivity contribution in [3.8, 4) is 0 Å². The smallest absolute Gasteiger partial charge is 0.191 e. The van der Waals surface area contributed by atoms with Crippen molar-refractivity contribution in [1.29, 1.82) is 0 Å². The first-order chi connectivity index (χ1) is 12.8. The summed E-state index contributed by atoms with van der Waals surface area (Å²) < 4.78 is 0. The molecular formula is C22H28N4. The Morgan fingerprint density at radius 2 is 1.65 bits per heavy atom. The molecular weight excluding hydrogens is 320 g/mol. The molecule has 4 nitrogen and oxygen atoms in total. The number of hydrogen-bond donors (Lipinski definition) is 2. The zero-order valence-electron chi connectivity index (χ0n) is 15.5. The minimum Gasteiger partial charge on any atom is -0.364 e. The summed E-state index contributed by atoms with van der Waals surface area (Å²) >= 11 is 0. The first-order valence-electron chi connectivity index (χ1n) is 9.40. The Labute approximate surface area is 156 Å². The van der Waals surface area contributed by atoms with Crippen LogP contribution in [0.1, 0.15) is 18.1 Å². The van der Waals surface area contributed by atoms with Gasteiger partial charge in [-0.3, -0.25) is 0 Å². The average Bonchev–Trinajstić information content (AvgIpc) is 3.22. The van der Waals surface area contributed by atoms with Crippen LogP contribution in [0, 0.1) is 0 Å². The number of guanidine groups is 1. The van der Waals surface area contributed by atoms with Crippen molar-refractivity contribution in [1.82, 2.24) is 10.6 Å². The van der Waals surface area contributed by atoms with Gasteiger partial charge < -0.3 is 15.5 Å². The number of rotatable bonds is 7. The third kappa shape index (κ3) is 5.38. The first kappa shape index (κ1) is 18.1. The maximum atomic E-state index is 4.71. The minimum atomic E-state index is 0.680. The van der Waals surface area contributed by atoms with E-state index in [-0.39, 0.29) is 0 Å². The first-order valence-corrected chi connectivity index (χ1v) is 9.40. The van der Waals surface area contributed by atoms with Gasteiger partial charge in [-0.25, -0.2) is 4.99 Å². The van der Waals surface area contributed by atoms with Gasteiger partial charge in [-0.15, -0.1) is 0 Å². The van der Waals surface area contributed by atoms with E-state index in [4.69, 9.17) is 4.99 Å². The molecule has 2 aromatic rings. The quantitative estimate of drug-likeness (QED) is 0.458. The maximum Gasteiger partial charge on any atom is 0.191 e. The third-order valence-corrected chi connectivity index (χ3v) is 4.43. The average molecular weight is 348 g/mol. The van der Waals surface area contributed by atoms with E-state index in [1.165, 1.54) is 16.8 Å². The molecule has 4 heteroatoms. The Morgan fingerprint density at radius 1 is 0.923 bits per heavy atom. The van der Waals surface area contributed by atoms with Crippen LogP contribution in [0.25, 0.3) is 0 Å². The summed E-state index contributed by atoms with van der Waals surface area (Å²) in [6.07, 6.45) is 5.41. The molecule has 0 aliphatic carbocycles. The standard InChI is InChI=1S/C22H28N4/c1-2-23-22(24-15-14-19-8-4-3-5-9-19)25-18-20-10-12-21(13-11-20)26-16-6-7-17-26/h3-13H,2,14-18H2,1H3,(H2,23,24,25). The SMILES string of the molecule is CCNC(=NCc1ccc(N2CC=CC2)cc1)NCCc1ccccc1. The molecule has 1 aliphatic heterocycles. The summed E-state index contributed by atoms with van der Waals surface area (Å²) in [5.41, 5.74) is 3.83. The van der Waals surface area contributed by atoms with Gasteiger partial charge in [-0.1, -0.05) is 54.6 Å². The highest BCUT2D eigenvalue weighted by atomic mass is 15.2. The molecule has 0 fully saturated rings. The van der Waals surface area contributed by atoms with E-state index in [2.05, 4.69) is 83.1 Å². The van der Waals surface area contributed by atoms with Crippen LogP contribution >= 0.6 is 0 Å². The van der Waals surface area contributed by atoms with Crippen LogP contribution < -0.4 is 15.5 Å². The van der Waals surface area contributed by atoms with Crippen molar-refractivity contribution >= 4 is 11.6 Å². The number of aliphatic imine (C=N–C) groups is 1. The van der Waals surface area contributed by atoms with Gasteiger partial charge >= 0.3 is 0 Å². The Hall–Kier alpha value is -2.75. The third-order valence-electron chi connectivity index (χ3n) is 4.43. The van der Waals surface area contributed by atoms with Crippen LogP contribution in [0.15, 0.2) is 71.7 Å². The molecule has 136 valence electrons. The summed E-state index contributed by atoms with van der Waals surface area (Å²) in [6, 6.07) is 19.2. The topological polar surface area (TPSA) is 39.7 Å². The molecule has 0 saturated heterocycles. The number of nitrogens with one attached hydrogen (secondary N) is 2. The fourth-order valence-corrected chi connectivity index (χ4v) is 2.98. The molecule has 0 radical (unpaired) electrons. The number of benzene rings is 2. The molecule has 0 amide bonds. The van der Waals surface area contributed by atoms with Crippen molar-refractivity contribution in [3.63, 3.8) is 0 Å². The van der Waals surface area contributed by atoms with E-state index < -0.39 is 0 Å². The van der Waals surface area contributed by atoms with Crippen LogP contribution in [-0.4, -0.2) is 32.1 Å². The predicted octanol–water partition coefficient (Wildman–Crippen LogP) is 3.36. The predicted molar refractivity (Wildman–Crippen MR) is 111 cm³/mol. The number of nitrogens with zero attached hydrogens (tertiary/aromatic N) is 2. The fourth-order valence-electron chi connectivity index (χ4n) is 2.98. The van der Waals surface area contributed by atoms with E-state index in [0.29, 0.717) is 6.54 Å². The Morgan fingerprint density at radius 3 is 2.35 bits per heavy atom. The van der Waals surface area contributed by atoms with Gasteiger partial charge in [-0.05, 0) is 36.6 Å². The Balaban J connectivity index is 1.51. The van der Waals surface area contributed by atoms with E-state index in [0.717, 1.165) is 38.6 Å². The molecule has 0 saturated carbocycles. The Kier molecular flexibility index (Phi) is 6.71. The highest BCUT2D eigenvalue weighted by Crippen LogP contribution is 2.17. The molecule has 0 spiro atoms. The van der Waals surface area contributed by atoms with Crippen molar-refractivity contribution in [3.05, 3.63) is 77.9 Å². The highest BCUT2D eigenvalue weighted by molar-refractivity contribution is 5.79. The van der Waals surface area contributed by atoms with Crippen LogP contribution in [0.4, 0.5) is 5.69 Å². The lowest BCUT2D eigenvalue weighted by atomic mass is 10.1. The van der Waals surface area contributed by atoms with Crippen molar-refractivity contribution in [2.45, 2.75) is 19.9 Å². The van der Waals surface area contributed by atoms with Gasteiger partial charge in [0.25, 0.3) is 0 Å². The van der Waals surface area contributed by atoms with Crippen LogP contribution in [-0.2, 0) is 13.0 Å². The lowest BCUT2D eigenvalue weighted by Gasteiger charge is -2.17. The minimum absolute atomic E-state index is 0.680. The molecule has 1 heterocycles. The van der Waals surface area contributed by atoms with Crippen LogP contribution in [0.5, 0.6) is 0 Å². The lowest BCUT2D eigenvalue weighted by Crippen LogP contribution is -2.38. The molecule has 26 heavy (non-hydrogen) atoms. The molecule has 3 rings (SSSR count). The van der Waals surface area contributed by atoms with Gasteiger partial charge in [0.2, 0.25) is 0 Å². The number of hydrogen-bond acceptors (Lipinski definition) is 2. The molecule has 2 aromatic carbocycles. The zero-order valence-corrected chi connectivity index (χ0v) is 15.5.